The molecule has 0 aliphatic rings. The number of esters is 1. The molecular weight excluding hydrogens is 266 g/mol. The second-order valence-electron chi connectivity index (χ2n) is 5.80. The predicted molar refractivity (Wildman–Crippen MR) is 86.1 cm³/mol. The Morgan fingerprint density at radius 1 is 1.00 bits per heavy atom. The van der Waals surface area contributed by atoms with Gasteiger partial charge in [0.1, 0.15) is 0 Å². The first-order chi connectivity index (χ1) is 10.1. The third-order valence-electron chi connectivity index (χ3n) is 3.48. The molecule has 124 valence electrons. The molecule has 0 fully saturated rings. The molecule has 1 unspecified atom stereocenters. The van der Waals surface area contributed by atoms with Crippen LogP contribution >= 0.6 is 0 Å². The number of ether oxygens (including phenoxy) is 1. The molecule has 4 heteroatoms. The highest BCUT2D eigenvalue weighted by atomic mass is 16.5. The number of nitrogens with one attached hydrogen (secondary N) is 1. The third-order valence-corrected chi connectivity index (χ3v) is 3.48. The lowest BCUT2D eigenvalue weighted by Gasteiger charge is -2.13. The zero-order valence-corrected chi connectivity index (χ0v) is 14.1. The SMILES string of the molecule is CCCCCCCCC(C)OC(=O)CCCCNC(C)=O. The van der Waals surface area contributed by atoms with Crippen LogP contribution < -0.4 is 5.32 Å². The molecule has 0 rings (SSSR count). The average Bonchev–Trinajstić information content (AvgIpc) is 2.42. The predicted octanol–water partition coefficient (Wildman–Crippen LogP) is 3.98. The first-order valence-corrected chi connectivity index (χ1v) is 8.50. The summed E-state index contributed by atoms with van der Waals surface area (Å²) in [5, 5.41) is 2.72. The molecule has 4 nitrogen and oxygen atoms in total. The Bertz CT molecular complexity index is 279. The van der Waals surface area contributed by atoms with Gasteiger partial charge in [-0.1, -0.05) is 39.0 Å². The van der Waals surface area contributed by atoms with Crippen molar-refractivity contribution in [2.24, 2.45) is 0 Å². The van der Waals surface area contributed by atoms with Gasteiger partial charge in [-0.2, -0.15) is 0 Å². The van der Waals surface area contributed by atoms with Crippen LogP contribution in [-0.4, -0.2) is 24.5 Å². The van der Waals surface area contributed by atoms with Gasteiger partial charge in [0, 0.05) is 19.9 Å². The summed E-state index contributed by atoms with van der Waals surface area (Å²) < 4.78 is 5.38. The van der Waals surface area contributed by atoms with Crippen molar-refractivity contribution in [2.45, 2.75) is 91.1 Å². The molecule has 0 saturated heterocycles. The van der Waals surface area contributed by atoms with Crippen molar-refractivity contribution in [2.75, 3.05) is 6.54 Å². The van der Waals surface area contributed by atoms with E-state index in [0.29, 0.717) is 13.0 Å². The fourth-order valence-electron chi connectivity index (χ4n) is 2.21. The zero-order valence-electron chi connectivity index (χ0n) is 14.1. The maximum atomic E-state index is 11.6. The zero-order chi connectivity index (χ0) is 15.9. The summed E-state index contributed by atoms with van der Waals surface area (Å²) in [6.07, 6.45) is 10.6. The number of hydrogen-bond acceptors (Lipinski definition) is 3. The highest BCUT2D eigenvalue weighted by molar-refractivity contribution is 5.72. The number of hydrogen-bond donors (Lipinski definition) is 1. The highest BCUT2D eigenvalue weighted by Gasteiger charge is 2.09. The van der Waals surface area contributed by atoms with Crippen LogP contribution in [0.1, 0.15) is 85.0 Å². The Labute approximate surface area is 130 Å². The number of rotatable bonds is 13. The van der Waals surface area contributed by atoms with Crippen LogP contribution in [0.4, 0.5) is 0 Å². The molecule has 0 aromatic heterocycles. The van der Waals surface area contributed by atoms with E-state index in [-0.39, 0.29) is 18.0 Å². The molecule has 0 aromatic rings. The lowest BCUT2D eigenvalue weighted by Crippen LogP contribution is -2.21. The Balaban J connectivity index is 3.41. The van der Waals surface area contributed by atoms with E-state index in [1.54, 1.807) is 0 Å². The van der Waals surface area contributed by atoms with Gasteiger partial charge in [-0.25, -0.2) is 0 Å². The van der Waals surface area contributed by atoms with Crippen LogP contribution in [0, 0.1) is 0 Å². The van der Waals surface area contributed by atoms with Gasteiger partial charge in [-0.05, 0) is 32.6 Å². The monoisotopic (exact) mass is 299 g/mol. The topological polar surface area (TPSA) is 55.4 Å². The Kier molecular flexibility index (Phi) is 13.2. The van der Waals surface area contributed by atoms with E-state index in [1.807, 2.05) is 6.92 Å². The lowest BCUT2D eigenvalue weighted by molar-refractivity contribution is -0.148. The maximum Gasteiger partial charge on any atom is 0.306 e. The van der Waals surface area contributed by atoms with Crippen molar-refractivity contribution in [3.8, 4) is 0 Å². The van der Waals surface area contributed by atoms with Crippen molar-refractivity contribution in [3.05, 3.63) is 0 Å². The molecule has 0 aliphatic heterocycles. The van der Waals surface area contributed by atoms with Crippen molar-refractivity contribution >= 4 is 11.9 Å². The van der Waals surface area contributed by atoms with Crippen molar-refractivity contribution in [1.29, 1.82) is 0 Å². The smallest absolute Gasteiger partial charge is 0.306 e. The minimum atomic E-state index is -0.115. The maximum absolute atomic E-state index is 11.6. The fourth-order valence-corrected chi connectivity index (χ4v) is 2.21. The van der Waals surface area contributed by atoms with E-state index in [4.69, 9.17) is 4.74 Å². The van der Waals surface area contributed by atoms with Crippen molar-refractivity contribution in [1.82, 2.24) is 5.32 Å². The molecule has 0 bridgehead atoms. The van der Waals surface area contributed by atoms with Gasteiger partial charge >= 0.3 is 5.97 Å². The fraction of sp³-hybridized carbons (Fsp3) is 0.882. The molecule has 0 spiro atoms. The Morgan fingerprint density at radius 3 is 2.33 bits per heavy atom. The van der Waals surface area contributed by atoms with Gasteiger partial charge in [-0.3, -0.25) is 9.59 Å². The number of carbonyl (C=O) groups is 2. The van der Waals surface area contributed by atoms with Crippen molar-refractivity contribution < 1.29 is 14.3 Å². The van der Waals surface area contributed by atoms with Crippen LogP contribution in [0.2, 0.25) is 0 Å². The molecule has 0 saturated carbocycles. The van der Waals surface area contributed by atoms with Crippen LogP contribution in [0.3, 0.4) is 0 Å². The van der Waals surface area contributed by atoms with E-state index in [1.165, 1.54) is 39.0 Å². The number of amides is 1. The molecule has 0 heterocycles. The highest BCUT2D eigenvalue weighted by Crippen LogP contribution is 2.11. The Hall–Kier alpha value is -1.06. The van der Waals surface area contributed by atoms with E-state index in [2.05, 4.69) is 12.2 Å². The summed E-state index contributed by atoms with van der Waals surface area (Å²) in [6.45, 7) is 6.33. The average molecular weight is 299 g/mol. The number of unbranched alkanes of at least 4 members (excludes halogenated alkanes) is 6. The third kappa shape index (κ3) is 15.2. The number of carbonyl (C=O) groups excluding carboxylic acids is 2. The molecule has 21 heavy (non-hydrogen) atoms. The molecule has 0 aliphatic carbocycles. The van der Waals surface area contributed by atoms with Gasteiger partial charge in [0.25, 0.3) is 0 Å². The van der Waals surface area contributed by atoms with E-state index in [0.717, 1.165) is 25.7 Å². The summed E-state index contributed by atoms with van der Waals surface area (Å²) in [6, 6.07) is 0. The van der Waals surface area contributed by atoms with E-state index in [9.17, 15) is 9.59 Å². The minimum absolute atomic E-state index is 0.0230. The molecular formula is C17H33NO3. The van der Waals surface area contributed by atoms with E-state index >= 15 is 0 Å². The summed E-state index contributed by atoms with van der Waals surface area (Å²) in [7, 11) is 0. The lowest BCUT2D eigenvalue weighted by atomic mass is 10.1. The van der Waals surface area contributed by atoms with Gasteiger partial charge in [0.05, 0.1) is 6.10 Å². The standard InChI is InChI=1S/C17H33NO3/c1-4-5-6-7-8-9-12-15(2)21-17(20)13-10-11-14-18-16(3)19/h15H,4-14H2,1-3H3,(H,18,19). The van der Waals surface area contributed by atoms with Gasteiger partial charge in [-0.15, -0.1) is 0 Å². The molecule has 1 atom stereocenters. The molecule has 1 amide bonds. The quantitative estimate of drug-likeness (QED) is 0.413. The second kappa shape index (κ2) is 13.9. The molecule has 0 radical (unpaired) electrons. The van der Waals surface area contributed by atoms with Crippen LogP contribution in [0.25, 0.3) is 0 Å². The van der Waals surface area contributed by atoms with Gasteiger partial charge in [0.15, 0.2) is 0 Å². The minimum Gasteiger partial charge on any atom is -0.463 e. The molecule has 1 N–H and O–H groups in total. The largest absolute Gasteiger partial charge is 0.463 e. The van der Waals surface area contributed by atoms with Gasteiger partial charge in [0.2, 0.25) is 5.91 Å². The summed E-state index contributed by atoms with van der Waals surface area (Å²) in [5.74, 6) is -0.138. The first kappa shape index (κ1) is 19.9. The van der Waals surface area contributed by atoms with Crippen LogP contribution in [-0.2, 0) is 14.3 Å². The normalized spacial score (nSPS) is 12.0. The summed E-state index contributed by atoms with van der Waals surface area (Å²) in [4.78, 5) is 22.3. The second-order valence-corrected chi connectivity index (χ2v) is 5.80. The van der Waals surface area contributed by atoms with Crippen LogP contribution in [0.15, 0.2) is 0 Å². The summed E-state index contributed by atoms with van der Waals surface area (Å²) in [5.41, 5.74) is 0. The first-order valence-electron chi connectivity index (χ1n) is 8.50. The summed E-state index contributed by atoms with van der Waals surface area (Å²) >= 11 is 0. The molecule has 0 aromatic carbocycles. The van der Waals surface area contributed by atoms with Crippen LogP contribution in [0.5, 0.6) is 0 Å². The van der Waals surface area contributed by atoms with Gasteiger partial charge < -0.3 is 10.1 Å². The van der Waals surface area contributed by atoms with Crippen molar-refractivity contribution in [3.63, 3.8) is 0 Å². The van der Waals surface area contributed by atoms with E-state index < -0.39 is 0 Å². The Morgan fingerprint density at radius 2 is 1.67 bits per heavy atom.